The van der Waals surface area contributed by atoms with Crippen LogP contribution < -0.4 is 10.6 Å². The maximum Gasteiger partial charge on any atom is 0.224 e. The Morgan fingerprint density at radius 1 is 1.19 bits per heavy atom. The summed E-state index contributed by atoms with van der Waals surface area (Å²) in [6, 6.07) is 7.21. The van der Waals surface area contributed by atoms with Gasteiger partial charge in [-0.15, -0.1) is 0 Å². The monoisotopic (exact) mass is 290 g/mol. The number of carbonyl (C=O) groups excluding carboxylic acids is 2. The number of hydrogen-bond acceptors (Lipinski definition) is 3. The average molecular weight is 290 g/mol. The van der Waals surface area contributed by atoms with Crippen LogP contribution >= 0.6 is 0 Å². The van der Waals surface area contributed by atoms with Crippen molar-refractivity contribution in [2.75, 3.05) is 11.9 Å². The van der Waals surface area contributed by atoms with E-state index < -0.39 is 5.54 Å². The highest BCUT2D eigenvalue weighted by Gasteiger charge is 2.34. The van der Waals surface area contributed by atoms with Gasteiger partial charge in [0.05, 0.1) is 18.6 Å². The van der Waals surface area contributed by atoms with E-state index in [9.17, 15) is 14.7 Å². The summed E-state index contributed by atoms with van der Waals surface area (Å²) in [6.07, 6.45) is 4.06. The molecule has 0 unspecified atom stereocenters. The Morgan fingerprint density at radius 2 is 1.81 bits per heavy atom. The Kier molecular flexibility index (Phi) is 4.96. The first kappa shape index (κ1) is 15.5. The lowest BCUT2D eigenvalue weighted by Crippen LogP contribution is -2.49. The van der Waals surface area contributed by atoms with E-state index in [1.165, 1.54) is 6.92 Å². The van der Waals surface area contributed by atoms with Gasteiger partial charge in [0.25, 0.3) is 0 Å². The van der Waals surface area contributed by atoms with Crippen LogP contribution in [0.3, 0.4) is 0 Å². The Labute approximate surface area is 124 Å². The lowest BCUT2D eigenvalue weighted by molar-refractivity contribution is -0.123. The Morgan fingerprint density at radius 3 is 2.33 bits per heavy atom. The second-order valence-electron chi connectivity index (χ2n) is 5.75. The minimum absolute atomic E-state index is 0.000208. The fourth-order valence-corrected chi connectivity index (χ4v) is 2.81. The van der Waals surface area contributed by atoms with Crippen molar-refractivity contribution >= 4 is 17.5 Å². The van der Waals surface area contributed by atoms with Crippen LogP contribution in [0, 0.1) is 0 Å². The predicted molar refractivity (Wildman–Crippen MR) is 80.9 cm³/mol. The van der Waals surface area contributed by atoms with Crippen LogP contribution in [0.4, 0.5) is 5.69 Å². The first-order valence-corrected chi connectivity index (χ1v) is 7.31. The molecule has 0 bridgehead atoms. The van der Waals surface area contributed by atoms with Gasteiger partial charge < -0.3 is 15.7 Å². The van der Waals surface area contributed by atoms with Crippen molar-refractivity contribution in [3.8, 4) is 0 Å². The zero-order valence-corrected chi connectivity index (χ0v) is 12.3. The third kappa shape index (κ3) is 4.29. The number of anilines is 1. The van der Waals surface area contributed by atoms with Crippen LogP contribution in [0.2, 0.25) is 0 Å². The Bertz CT molecular complexity index is 505. The highest BCUT2D eigenvalue weighted by molar-refractivity contribution is 5.88. The van der Waals surface area contributed by atoms with Gasteiger partial charge in [0, 0.05) is 12.6 Å². The minimum atomic E-state index is -0.423. The third-order valence-electron chi connectivity index (χ3n) is 3.91. The molecule has 1 aromatic carbocycles. The van der Waals surface area contributed by atoms with Gasteiger partial charge >= 0.3 is 0 Å². The van der Waals surface area contributed by atoms with Gasteiger partial charge in [-0.3, -0.25) is 9.59 Å². The lowest BCUT2D eigenvalue weighted by atomic mass is 9.98. The molecule has 1 aromatic rings. The van der Waals surface area contributed by atoms with Crippen molar-refractivity contribution in [1.82, 2.24) is 5.32 Å². The zero-order valence-electron chi connectivity index (χ0n) is 12.3. The molecule has 114 valence electrons. The fraction of sp³-hybridized carbons (Fsp3) is 0.500. The number of aliphatic hydroxyl groups is 1. The van der Waals surface area contributed by atoms with Crippen molar-refractivity contribution < 1.29 is 14.7 Å². The molecule has 2 rings (SSSR count). The van der Waals surface area contributed by atoms with Crippen LogP contribution in [0.25, 0.3) is 0 Å². The molecule has 3 N–H and O–H groups in total. The van der Waals surface area contributed by atoms with Crippen molar-refractivity contribution in [2.45, 2.75) is 44.6 Å². The highest BCUT2D eigenvalue weighted by atomic mass is 16.3. The molecule has 1 fully saturated rings. The number of benzene rings is 1. The van der Waals surface area contributed by atoms with E-state index in [1.807, 2.05) is 12.1 Å². The van der Waals surface area contributed by atoms with Crippen molar-refractivity contribution in [3.63, 3.8) is 0 Å². The van der Waals surface area contributed by atoms with Crippen LogP contribution in [0.5, 0.6) is 0 Å². The molecule has 2 amide bonds. The highest BCUT2D eigenvalue weighted by Crippen LogP contribution is 2.29. The van der Waals surface area contributed by atoms with Gasteiger partial charge in [-0.05, 0) is 30.5 Å². The van der Waals surface area contributed by atoms with E-state index in [0.29, 0.717) is 5.69 Å². The van der Waals surface area contributed by atoms with Gasteiger partial charge in [0.1, 0.15) is 0 Å². The second-order valence-corrected chi connectivity index (χ2v) is 5.75. The van der Waals surface area contributed by atoms with Gasteiger partial charge in [-0.1, -0.05) is 25.0 Å². The number of amides is 2. The van der Waals surface area contributed by atoms with E-state index in [1.54, 1.807) is 12.1 Å². The molecule has 21 heavy (non-hydrogen) atoms. The molecule has 0 spiro atoms. The SMILES string of the molecule is CC(=O)Nc1ccc(CC(=O)NC2(CO)CCCC2)cc1. The Balaban J connectivity index is 1.91. The summed E-state index contributed by atoms with van der Waals surface area (Å²) < 4.78 is 0. The fourth-order valence-electron chi connectivity index (χ4n) is 2.81. The zero-order chi connectivity index (χ0) is 15.3. The molecule has 0 atom stereocenters. The molecule has 5 nitrogen and oxygen atoms in total. The van der Waals surface area contributed by atoms with E-state index in [0.717, 1.165) is 31.2 Å². The van der Waals surface area contributed by atoms with Crippen LogP contribution in [0.1, 0.15) is 38.2 Å². The van der Waals surface area contributed by atoms with Gasteiger partial charge in [0.15, 0.2) is 0 Å². The predicted octanol–water partition coefficient (Wildman–Crippen LogP) is 1.61. The summed E-state index contributed by atoms with van der Waals surface area (Å²) in [5.74, 6) is -0.190. The quantitative estimate of drug-likeness (QED) is 0.771. The first-order chi connectivity index (χ1) is 10.0. The van der Waals surface area contributed by atoms with Crippen molar-refractivity contribution in [3.05, 3.63) is 29.8 Å². The Hall–Kier alpha value is -1.88. The largest absolute Gasteiger partial charge is 0.394 e. The van der Waals surface area contributed by atoms with Crippen LogP contribution in [-0.2, 0) is 16.0 Å². The number of nitrogens with one attached hydrogen (secondary N) is 2. The third-order valence-corrected chi connectivity index (χ3v) is 3.91. The number of hydrogen-bond donors (Lipinski definition) is 3. The molecule has 5 heteroatoms. The van der Waals surface area contributed by atoms with E-state index in [4.69, 9.17) is 0 Å². The lowest BCUT2D eigenvalue weighted by Gasteiger charge is -2.28. The van der Waals surface area contributed by atoms with E-state index >= 15 is 0 Å². The molecule has 1 saturated carbocycles. The van der Waals surface area contributed by atoms with E-state index in [2.05, 4.69) is 10.6 Å². The number of aliphatic hydroxyl groups excluding tert-OH is 1. The molecule has 0 aliphatic heterocycles. The molecule has 1 aliphatic carbocycles. The summed E-state index contributed by atoms with van der Waals surface area (Å²) in [5, 5.41) is 15.2. The van der Waals surface area contributed by atoms with Gasteiger partial charge in [-0.2, -0.15) is 0 Å². The van der Waals surface area contributed by atoms with Gasteiger partial charge in [-0.25, -0.2) is 0 Å². The normalized spacial score (nSPS) is 16.5. The van der Waals surface area contributed by atoms with Crippen LogP contribution in [0.15, 0.2) is 24.3 Å². The maximum absolute atomic E-state index is 12.1. The molecule has 0 radical (unpaired) electrons. The second kappa shape index (κ2) is 6.72. The maximum atomic E-state index is 12.1. The number of rotatable bonds is 5. The molecule has 0 aromatic heterocycles. The molecule has 1 aliphatic rings. The smallest absolute Gasteiger partial charge is 0.224 e. The van der Waals surface area contributed by atoms with E-state index in [-0.39, 0.29) is 24.8 Å². The molecule has 0 saturated heterocycles. The summed E-state index contributed by atoms with van der Waals surface area (Å²) >= 11 is 0. The van der Waals surface area contributed by atoms with Crippen LogP contribution in [-0.4, -0.2) is 29.1 Å². The van der Waals surface area contributed by atoms with Crippen molar-refractivity contribution in [2.24, 2.45) is 0 Å². The molecular weight excluding hydrogens is 268 g/mol. The first-order valence-electron chi connectivity index (χ1n) is 7.31. The summed E-state index contributed by atoms with van der Waals surface area (Å²) in [5.41, 5.74) is 1.18. The average Bonchev–Trinajstić information content (AvgIpc) is 2.89. The molecule has 0 heterocycles. The minimum Gasteiger partial charge on any atom is -0.394 e. The summed E-state index contributed by atoms with van der Waals surface area (Å²) in [4.78, 5) is 23.0. The summed E-state index contributed by atoms with van der Waals surface area (Å²) in [6.45, 7) is 1.46. The van der Waals surface area contributed by atoms with Gasteiger partial charge in [0.2, 0.25) is 11.8 Å². The standard InChI is InChI=1S/C16H22N2O3/c1-12(20)17-14-6-4-13(5-7-14)10-15(21)18-16(11-19)8-2-3-9-16/h4-7,19H,2-3,8-11H2,1H3,(H,17,20)(H,18,21). The van der Waals surface area contributed by atoms with Crippen molar-refractivity contribution in [1.29, 1.82) is 0 Å². The topological polar surface area (TPSA) is 78.4 Å². The summed E-state index contributed by atoms with van der Waals surface area (Å²) in [7, 11) is 0. The number of carbonyl (C=O) groups is 2. The molecular formula is C16H22N2O3.